The molecule has 0 spiro atoms. The molecule has 0 bridgehead atoms. The van der Waals surface area contributed by atoms with E-state index in [0.717, 1.165) is 5.56 Å². The van der Waals surface area contributed by atoms with Crippen LogP contribution in [0.2, 0.25) is 0 Å². The lowest BCUT2D eigenvalue weighted by molar-refractivity contribution is 0.208. The van der Waals surface area contributed by atoms with Crippen molar-refractivity contribution in [3.8, 4) is 0 Å². The van der Waals surface area contributed by atoms with Gasteiger partial charge in [0.25, 0.3) is 0 Å². The number of anilines is 2. The molecule has 0 saturated carbocycles. The molecular formula is C16H18FN5O. The summed E-state index contributed by atoms with van der Waals surface area (Å²) in [6.45, 7) is 4.28. The minimum atomic E-state index is -0.305. The Labute approximate surface area is 134 Å². The summed E-state index contributed by atoms with van der Waals surface area (Å²) in [5, 5.41) is 2.78. The molecule has 3 rings (SSSR count). The van der Waals surface area contributed by atoms with Crippen molar-refractivity contribution < 1.29 is 9.18 Å². The van der Waals surface area contributed by atoms with Gasteiger partial charge in [0.2, 0.25) is 0 Å². The van der Waals surface area contributed by atoms with E-state index in [-0.39, 0.29) is 11.8 Å². The van der Waals surface area contributed by atoms with E-state index in [2.05, 4.69) is 15.3 Å². The maximum absolute atomic E-state index is 13.2. The van der Waals surface area contributed by atoms with Gasteiger partial charge in [0.15, 0.2) is 0 Å². The Bertz CT molecular complexity index is 683. The van der Waals surface area contributed by atoms with Crippen LogP contribution in [0, 0.1) is 12.7 Å². The first-order valence-electron chi connectivity index (χ1n) is 7.47. The van der Waals surface area contributed by atoms with Crippen molar-refractivity contribution in [2.75, 3.05) is 36.4 Å². The number of carbonyl (C=O) groups excluding carboxylic acids is 1. The van der Waals surface area contributed by atoms with Crippen LogP contribution >= 0.6 is 0 Å². The number of aromatic nitrogens is 2. The smallest absolute Gasteiger partial charge is 0.323 e. The zero-order valence-electron chi connectivity index (χ0n) is 12.9. The molecular weight excluding hydrogens is 297 g/mol. The Morgan fingerprint density at radius 1 is 1.17 bits per heavy atom. The Balaban J connectivity index is 1.56. The van der Waals surface area contributed by atoms with Crippen LogP contribution in [0.25, 0.3) is 0 Å². The first-order chi connectivity index (χ1) is 11.1. The number of urea groups is 1. The van der Waals surface area contributed by atoms with Crippen molar-refractivity contribution in [2.24, 2.45) is 0 Å². The predicted molar refractivity (Wildman–Crippen MR) is 86.0 cm³/mol. The number of carbonyl (C=O) groups is 1. The minimum absolute atomic E-state index is 0.173. The molecule has 2 aromatic rings. The Morgan fingerprint density at radius 3 is 2.61 bits per heavy atom. The summed E-state index contributed by atoms with van der Waals surface area (Å²) in [6, 6.07) is 6.23. The van der Waals surface area contributed by atoms with Crippen LogP contribution in [0.1, 0.15) is 5.56 Å². The number of rotatable bonds is 2. The van der Waals surface area contributed by atoms with Crippen molar-refractivity contribution in [3.63, 3.8) is 0 Å². The monoisotopic (exact) mass is 315 g/mol. The number of nitrogens with one attached hydrogen (secondary N) is 1. The molecule has 0 atom stereocenters. The van der Waals surface area contributed by atoms with E-state index in [1.807, 2.05) is 17.9 Å². The van der Waals surface area contributed by atoms with E-state index < -0.39 is 0 Å². The lowest BCUT2D eigenvalue weighted by Gasteiger charge is -2.35. The largest absolute Gasteiger partial charge is 0.353 e. The first kappa shape index (κ1) is 15.2. The number of nitrogens with zero attached hydrogens (tertiary/aromatic N) is 4. The number of pyridine rings is 2. The molecule has 0 radical (unpaired) electrons. The third-order valence-electron chi connectivity index (χ3n) is 3.74. The maximum Gasteiger partial charge on any atom is 0.323 e. The van der Waals surface area contributed by atoms with Crippen molar-refractivity contribution in [2.45, 2.75) is 6.92 Å². The van der Waals surface area contributed by atoms with Gasteiger partial charge in [-0.1, -0.05) is 6.07 Å². The quantitative estimate of drug-likeness (QED) is 0.923. The van der Waals surface area contributed by atoms with Gasteiger partial charge in [0.1, 0.15) is 17.5 Å². The second kappa shape index (κ2) is 6.60. The summed E-state index contributed by atoms with van der Waals surface area (Å²) in [6.07, 6.45) is 3.16. The average Bonchev–Trinajstić information content (AvgIpc) is 2.57. The highest BCUT2D eigenvalue weighted by Crippen LogP contribution is 2.15. The van der Waals surface area contributed by atoms with Gasteiger partial charge in [-0.25, -0.2) is 19.2 Å². The van der Waals surface area contributed by atoms with Crippen molar-refractivity contribution in [1.82, 2.24) is 14.9 Å². The maximum atomic E-state index is 13.2. The molecule has 3 heterocycles. The lowest BCUT2D eigenvalue weighted by Crippen LogP contribution is -2.50. The number of hydrogen-bond donors (Lipinski definition) is 1. The highest BCUT2D eigenvalue weighted by molar-refractivity contribution is 5.88. The molecule has 0 unspecified atom stereocenters. The summed E-state index contributed by atoms with van der Waals surface area (Å²) in [5.41, 5.74) is 1.04. The number of piperazine rings is 1. The number of hydrogen-bond acceptors (Lipinski definition) is 4. The van der Waals surface area contributed by atoms with Crippen molar-refractivity contribution >= 4 is 17.7 Å². The van der Waals surface area contributed by atoms with Crippen LogP contribution in [0.3, 0.4) is 0 Å². The van der Waals surface area contributed by atoms with Gasteiger partial charge in [-0.3, -0.25) is 5.32 Å². The average molecular weight is 315 g/mol. The molecule has 1 N–H and O–H groups in total. The van der Waals surface area contributed by atoms with Gasteiger partial charge in [-0.05, 0) is 24.6 Å². The first-order valence-corrected chi connectivity index (χ1v) is 7.47. The Hall–Kier alpha value is -2.70. The molecule has 2 amide bonds. The van der Waals surface area contributed by atoms with Crippen LogP contribution in [0.5, 0.6) is 0 Å². The molecule has 7 heteroatoms. The summed E-state index contributed by atoms with van der Waals surface area (Å²) in [5.74, 6) is 0.834. The second-order valence-electron chi connectivity index (χ2n) is 5.46. The third-order valence-corrected chi connectivity index (χ3v) is 3.74. The fourth-order valence-corrected chi connectivity index (χ4v) is 2.44. The molecule has 1 saturated heterocycles. The van der Waals surface area contributed by atoms with E-state index in [1.54, 1.807) is 17.2 Å². The third kappa shape index (κ3) is 3.74. The molecule has 6 nitrogen and oxygen atoms in total. The van der Waals surface area contributed by atoms with E-state index >= 15 is 0 Å². The fraction of sp³-hybridized carbons (Fsp3) is 0.312. The Morgan fingerprint density at radius 2 is 1.96 bits per heavy atom. The normalized spacial score (nSPS) is 14.7. The number of aryl methyl sites for hydroxylation is 1. The summed E-state index contributed by atoms with van der Waals surface area (Å²) in [4.78, 5) is 24.2. The highest BCUT2D eigenvalue weighted by Gasteiger charge is 2.22. The van der Waals surface area contributed by atoms with Gasteiger partial charge in [-0.15, -0.1) is 0 Å². The number of amides is 2. The Kier molecular flexibility index (Phi) is 4.36. The van der Waals surface area contributed by atoms with E-state index in [0.29, 0.717) is 37.8 Å². The molecule has 23 heavy (non-hydrogen) atoms. The van der Waals surface area contributed by atoms with Gasteiger partial charge >= 0.3 is 6.03 Å². The molecule has 1 aliphatic rings. The molecule has 0 aromatic carbocycles. The van der Waals surface area contributed by atoms with Crippen LogP contribution in [-0.4, -0.2) is 47.1 Å². The van der Waals surface area contributed by atoms with Gasteiger partial charge in [0, 0.05) is 44.6 Å². The summed E-state index contributed by atoms with van der Waals surface area (Å²) in [7, 11) is 0. The highest BCUT2D eigenvalue weighted by atomic mass is 19.1. The topological polar surface area (TPSA) is 61.4 Å². The zero-order chi connectivity index (χ0) is 16.2. The van der Waals surface area contributed by atoms with Gasteiger partial charge in [0.05, 0.1) is 0 Å². The van der Waals surface area contributed by atoms with Gasteiger partial charge < -0.3 is 9.80 Å². The molecule has 2 aromatic heterocycles. The van der Waals surface area contributed by atoms with E-state index in [9.17, 15) is 9.18 Å². The van der Waals surface area contributed by atoms with Crippen LogP contribution < -0.4 is 10.2 Å². The molecule has 1 aliphatic heterocycles. The molecule has 120 valence electrons. The van der Waals surface area contributed by atoms with Gasteiger partial charge in [-0.2, -0.15) is 0 Å². The van der Waals surface area contributed by atoms with E-state index in [4.69, 9.17) is 0 Å². The second-order valence-corrected chi connectivity index (χ2v) is 5.46. The predicted octanol–water partition coefficient (Wildman–Crippen LogP) is 2.28. The van der Waals surface area contributed by atoms with E-state index in [1.165, 1.54) is 18.3 Å². The van der Waals surface area contributed by atoms with Crippen molar-refractivity contribution in [1.29, 1.82) is 0 Å². The summed E-state index contributed by atoms with van der Waals surface area (Å²) < 4.78 is 13.2. The van der Waals surface area contributed by atoms with Crippen LogP contribution in [0.15, 0.2) is 36.7 Å². The molecule has 1 fully saturated rings. The van der Waals surface area contributed by atoms with Crippen LogP contribution in [-0.2, 0) is 0 Å². The standard InChI is InChI=1S/C16H18FN5O/c1-12-2-3-14(19-11-12)20-16(23)22-8-6-21(7-9-22)15-10-13(17)4-5-18-15/h2-5,10-11H,6-9H2,1H3,(H,19,20,23). The summed E-state index contributed by atoms with van der Waals surface area (Å²) >= 11 is 0. The number of halogens is 1. The zero-order valence-corrected chi connectivity index (χ0v) is 12.9. The van der Waals surface area contributed by atoms with Crippen molar-refractivity contribution in [3.05, 3.63) is 48.0 Å². The fourth-order valence-electron chi connectivity index (χ4n) is 2.44. The molecule has 0 aliphatic carbocycles. The van der Waals surface area contributed by atoms with Crippen LogP contribution in [0.4, 0.5) is 20.8 Å². The SMILES string of the molecule is Cc1ccc(NC(=O)N2CCN(c3cc(F)ccn3)CC2)nc1. The lowest BCUT2D eigenvalue weighted by atomic mass is 10.3. The minimum Gasteiger partial charge on any atom is -0.353 e.